The molecule has 184 valence electrons. The third kappa shape index (κ3) is 5.32. The fourth-order valence-corrected chi connectivity index (χ4v) is 5.91. The van der Waals surface area contributed by atoms with Crippen molar-refractivity contribution in [2.75, 3.05) is 52.5 Å². The number of rotatable bonds is 8. The Morgan fingerprint density at radius 3 is 2.41 bits per heavy atom. The second kappa shape index (κ2) is 10.1. The van der Waals surface area contributed by atoms with Crippen molar-refractivity contribution >= 4 is 15.9 Å². The molecule has 3 aliphatic rings. The molecule has 3 heterocycles. The number of nitrogens with one attached hydrogen (secondary N) is 1. The van der Waals surface area contributed by atoms with Gasteiger partial charge in [0.15, 0.2) is 0 Å². The Morgan fingerprint density at radius 1 is 1.03 bits per heavy atom. The number of carbonyl (C=O) groups excluding carboxylic acids is 1. The molecule has 1 amide bonds. The second-order valence-electron chi connectivity index (χ2n) is 9.18. The van der Waals surface area contributed by atoms with Crippen LogP contribution in [0.1, 0.15) is 37.5 Å². The molecule has 1 N–H and O–H groups in total. The largest absolute Gasteiger partial charge is 0.379 e. The predicted octanol–water partition coefficient (Wildman–Crippen LogP) is 1.46. The maximum absolute atomic E-state index is 13.1. The van der Waals surface area contributed by atoms with Crippen molar-refractivity contribution in [1.29, 1.82) is 0 Å². The Hall–Kier alpha value is -2.34. The topological polar surface area (TPSA) is 118 Å². The molecule has 0 unspecified atom stereocenters. The van der Waals surface area contributed by atoms with Crippen molar-refractivity contribution in [2.24, 2.45) is 5.92 Å². The monoisotopic (exact) mass is 489 g/mol. The van der Waals surface area contributed by atoms with E-state index in [1.54, 1.807) is 24.3 Å². The van der Waals surface area contributed by atoms with Crippen LogP contribution in [0, 0.1) is 5.92 Å². The summed E-state index contributed by atoms with van der Waals surface area (Å²) in [6.07, 6.45) is 3.19. The summed E-state index contributed by atoms with van der Waals surface area (Å²) in [6, 6.07) is 6.59. The van der Waals surface area contributed by atoms with Crippen molar-refractivity contribution in [3.8, 4) is 11.4 Å². The molecule has 2 aliphatic heterocycles. The Labute approximate surface area is 199 Å². The zero-order valence-electron chi connectivity index (χ0n) is 19.2. The third-order valence-corrected chi connectivity index (χ3v) is 8.69. The molecule has 1 aliphatic carbocycles. The van der Waals surface area contributed by atoms with E-state index in [0.29, 0.717) is 50.1 Å². The van der Waals surface area contributed by atoms with E-state index in [9.17, 15) is 13.2 Å². The molecular weight excluding hydrogens is 458 g/mol. The number of hydrogen-bond donors (Lipinski definition) is 1. The fraction of sp³-hybridized carbons (Fsp3) is 0.609. The Kier molecular flexibility index (Phi) is 6.96. The van der Waals surface area contributed by atoms with Gasteiger partial charge in [-0.15, -0.1) is 0 Å². The second-order valence-corrected chi connectivity index (χ2v) is 11.1. The number of piperidine rings is 1. The fourth-order valence-electron chi connectivity index (χ4n) is 4.44. The molecule has 5 rings (SSSR count). The van der Waals surface area contributed by atoms with E-state index in [4.69, 9.17) is 9.26 Å². The van der Waals surface area contributed by atoms with Gasteiger partial charge >= 0.3 is 0 Å². The first-order valence-corrected chi connectivity index (χ1v) is 13.5. The molecule has 1 aromatic carbocycles. The summed E-state index contributed by atoms with van der Waals surface area (Å²) in [5.74, 6) is 1.36. The third-order valence-electron chi connectivity index (χ3n) is 6.77. The molecule has 3 fully saturated rings. The first-order valence-electron chi connectivity index (χ1n) is 12.0. The number of hydrogen-bond acceptors (Lipinski definition) is 8. The van der Waals surface area contributed by atoms with Gasteiger partial charge in [0.25, 0.3) is 0 Å². The standard InChI is InChI=1S/C23H31N5O5S/c29-22(24-9-12-27-13-15-32-16-14-27)18-7-10-28(11-8-18)34(30,31)20-5-3-17(4-6-20)21-25-23(33-26-21)19-1-2-19/h3-6,18-19H,1-2,7-16H2,(H,24,29). The zero-order valence-corrected chi connectivity index (χ0v) is 20.0. The minimum Gasteiger partial charge on any atom is -0.379 e. The molecular formula is C23H31N5O5S. The Balaban J connectivity index is 1.12. The lowest BCUT2D eigenvalue weighted by Gasteiger charge is -2.31. The molecule has 1 saturated carbocycles. The lowest BCUT2D eigenvalue weighted by molar-refractivity contribution is -0.126. The van der Waals surface area contributed by atoms with E-state index >= 15 is 0 Å². The van der Waals surface area contributed by atoms with Gasteiger partial charge < -0.3 is 14.6 Å². The number of amides is 1. The van der Waals surface area contributed by atoms with Crippen LogP contribution < -0.4 is 5.32 Å². The maximum atomic E-state index is 13.1. The highest BCUT2D eigenvalue weighted by atomic mass is 32.2. The first-order chi connectivity index (χ1) is 16.5. The summed E-state index contributed by atoms with van der Waals surface area (Å²) in [5.41, 5.74) is 0.724. The number of sulfonamides is 1. The van der Waals surface area contributed by atoms with Crippen LogP contribution in [-0.4, -0.2) is 86.2 Å². The van der Waals surface area contributed by atoms with Crippen LogP contribution in [0.2, 0.25) is 0 Å². The smallest absolute Gasteiger partial charge is 0.243 e. The minimum atomic E-state index is -3.62. The number of nitrogens with zero attached hydrogens (tertiary/aromatic N) is 4. The number of morpholine rings is 1. The quantitative estimate of drug-likeness (QED) is 0.592. The lowest BCUT2D eigenvalue weighted by atomic mass is 9.97. The van der Waals surface area contributed by atoms with Crippen molar-refractivity contribution in [3.63, 3.8) is 0 Å². The number of carbonyl (C=O) groups is 1. The van der Waals surface area contributed by atoms with Gasteiger partial charge in [0.1, 0.15) is 0 Å². The average Bonchev–Trinajstić information content (AvgIpc) is 3.61. The average molecular weight is 490 g/mol. The molecule has 1 aromatic heterocycles. The van der Waals surface area contributed by atoms with E-state index in [2.05, 4.69) is 20.4 Å². The van der Waals surface area contributed by atoms with Crippen molar-refractivity contribution in [1.82, 2.24) is 24.7 Å². The highest BCUT2D eigenvalue weighted by Gasteiger charge is 2.32. The molecule has 10 nitrogen and oxygen atoms in total. The molecule has 2 aromatic rings. The van der Waals surface area contributed by atoms with Crippen LogP contribution in [0.3, 0.4) is 0 Å². The van der Waals surface area contributed by atoms with Crippen LogP contribution in [-0.2, 0) is 19.6 Å². The summed E-state index contributed by atoms with van der Waals surface area (Å²) in [4.78, 5) is 19.5. The van der Waals surface area contributed by atoms with Crippen molar-refractivity contribution in [3.05, 3.63) is 30.2 Å². The molecule has 11 heteroatoms. The Morgan fingerprint density at radius 2 is 1.74 bits per heavy atom. The van der Waals surface area contributed by atoms with Gasteiger partial charge in [0, 0.05) is 56.7 Å². The van der Waals surface area contributed by atoms with E-state index in [1.807, 2.05) is 0 Å². The highest BCUT2D eigenvalue weighted by Crippen LogP contribution is 2.39. The number of benzene rings is 1. The molecule has 0 radical (unpaired) electrons. The molecule has 2 saturated heterocycles. The summed E-state index contributed by atoms with van der Waals surface area (Å²) >= 11 is 0. The van der Waals surface area contributed by atoms with Crippen LogP contribution in [0.5, 0.6) is 0 Å². The van der Waals surface area contributed by atoms with Gasteiger partial charge in [-0.2, -0.15) is 9.29 Å². The summed E-state index contributed by atoms with van der Waals surface area (Å²) < 4.78 is 38.3. The van der Waals surface area contributed by atoms with Crippen LogP contribution in [0.25, 0.3) is 11.4 Å². The lowest BCUT2D eigenvalue weighted by Crippen LogP contribution is -2.45. The molecule has 0 spiro atoms. The minimum absolute atomic E-state index is 0.0142. The summed E-state index contributed by atoms with van der Waals surface area (Å²) in [6.45, 7) is 5.34. The molecule has 0 atom stereocenters. The predicted molar refractivity (Wildman–Crippen MR) is 123 cm³/mol. The Bertz CT molecular complexity index is 1090. The first kappa shape index (κ1) is 23.4. The highest BCUT2D eigenvalue weighted by molar-refractivity contribution is 7.89. The van der Waals surface area contributed by atoms with Crippen LogP contribution >= 0.6 is 0 Å². The zero-order chi connectivity index (χ0) is 23.5. The van der Waals surface area contributed by atoms with Gasteiger partial charge in [0.2, 0.25) is 27.6 Å². The summed E-state index contributed by atoms with van der Waals surface area (Å²) in [5, 5.41) is 7.02. The van der Waals surface area contributed by atoms with E-state index in [1.165, 1.54) is 4.31 Å². The van der Waals surface area contributed by atoms with Gasteiger partial charge in [-0.1, -0.05) is 5.16 Å². The van der Waals surface area contributed by atoms with Crippen LogP contribution in [0.15, 0.2) is 33.7 Å². The van der Waals surface area contributed by atoms with E-state index < -0.39 is 10.0 Å². The normalized spacial score (nSPS) is 20.9. The molecule has 0 bridgehead atoms. The van der Waals surface area contributed by atoms with Gasteiger partial charge in [0.05, 0.1) is 18.1 Å². The van der Waals surface area contributed by atoms with Gasteiger partial charge in [-0.3, -0.25) is 9.69 Å². The van der Waals surface area contributed by atoms with Crippen LogP contribution in [0.4, 0.5) is 0 Å². The number of ether oxygens (including phenoxy) is 1. The van der Waals surface area contributed by atoms with Crippen molar-refractivity contribution in [2.45, 2.75) is 36.5 Å². The summed E-state index contributed by atoms with van der Waals surface area (Å²) in [7, 11) is -3.62. The van der Waals surface area contributed by atoms with E-state index in [0.717, 1.165) is 51.3 Å². The van der Waals surface area contributed by atoms with Crippen molar-refractivity contribution < 1.29 is 22.5 Å². The SMILES string of the molecule is O=C(NCCN1CCOCC1)C1CCN(S(=O)(=O)c2ccc(-c3noc(C4CC4)n3)cc2)CC1. The maximum Gasteiger partial charge on any atom is 0.243 e. The van der Waals surface area contributed by atoms with E-state index in [-0.39, 0.29) is 16.7 Å². The number of aromatic nitrogens is 2. The van der Waals surface area contributed by atoms with Gasteiger partial charge in [-0.25, -0.2) is 8.42 Å². The van der Waals surface area contributed by atoms with Gasteiger partial charge in [-0.05, 0) is 49.9 Å². The molecule has 34 heavy (non-hydrogen) atoms.